The number of benzene rings is 1. The van der Waals surface area contributed by atoms with E-state index in [2.05, 4.69) is 22.0 Å². The summed E-state index contributed by atoms with van der Waals surface area (Å²) in [6.45, 7) is 18.1. The quantitative estimate of drug-likeness (QED) is 0.712. The fraction of sp³-hybridized carbons (Fsp3) is 0.636. The minimum absolute atomic E-state index is 0.0396. The molecule has 0 saturated carbocycles. The van der Waals surface area contributed by atoms with E-state index in [1.54, 1.807) is 4.31 Å². The second-order valence-corrected chi connectivity index (χ2v) is 10.6. The van der Waals surface area contributed by atoms with Crippen LogP contribution in [0, 0.1) is 34.6 Å². The summed E-state index contributed by atoms with van der Waals surface area (Å²) in [5.41, 5.74) is 5.00. The van der Waals surface area contributed by atoms with Gasteiger partial charge in [-0.2, -0.15) is 9.29 Å². The van der Waals surface area contributed by atoms with E-state index in [0.717, 1.165) is 22.3 Å². The summed E-state index contributed by atoms with van der Waals surface area (Å²) in [6.07, 6.45) is 0. The zero-order valence-electron chi connectivity index (χ0n) is 19.4. The summed E-state index contributed by atoms with van der Waals surface area (Å²) in [6, 6.07) is -0.0396. The van der Waals surface area contributed by atoms with Gasteiger partial charge in [0.25, 0.3) is 0 Å². The standard InChI is InChI=1S/C22H34N4O3S/c1-13(2)21-23-22(29-24-21)19(8)25-9-11-26(12-10-25)30(27,28)20-17(6)15(4)14(3)16(5)18(20)7/h13,19H,9-12H2,1-8H3/t19-/m1/s1. The lowest BCUT2D eigenvalue weighted by Gasteiger charge is -2.36. The molecular weight excluding hydrogens is 400 g/mol. The molecule has 2 aromatic rings. The zero-order valence-corrected chi connectivity index (χ0v) is 20.2. The average Bonchev–Trinajstić information content (AvgIpc) is 3.21. The first-order chi connectivity index (χ1) is 14.0. The molecule has 3 rings (SSSR count). The lowest BCUT2D eigenvalue weighted by molar-refractivity contribution is 0.124. The average molecular weight is 435 g/mol. The van der Waals surface area contributed by atoms with Crippen molar-refractivity contribution in [3.8, 4) is 0 Å². The van der Waals surface area contributed by atoms with E-state index < -0.39 is 10.0 Å². The van der Waals surface area contributed by atoms with Crippen molar-refractivity contribution < 1.29 is 12.9 Å². The molecule has 1 aromatic carbocycles. The summed E-state index contributed by atoms with van der Waals surface area (Å²) in [4.78, 5) is 7.18. The van der Waals surface area contributed by atoms with E-state index in [9.17, 15) is 8.42 Å². The molecule has 0 N–H and O–H groups in total. The third kappa shape index (κ3) is 3.92. The molecule has 0 unspecified atom stereocenters. The Kier molecular flexibility index (Phi) is 6.41. The van der Waals surface area contributed by atoms with Crippen LogP contribution in [0.3, 0.4) is 0 Å². The molecule has 7 nitrogen and oxygen atoms in total. The van der Waals surface area contributed by atoms with Crippen LogP contribution in [0.1, 0.15) is 72.3 Å². The van der Waals surface area contributed by atoms with E-state index in [4.69, 9.17) is 4.52 Å². The highest BCUT2D eigenvalue weighted by Crippen LogP contribution is 2.32. The third-order valence-electron chi connectivity index (χ3n) is 6.68. The molecule has 1 fully saturated rings. The molecule has 0 spiro atoms. The van der Waals surface area contributed by atoms with Gasteiger partial charge >= 0.3 is 0 Å². The van der Waals surface area contributed by atoms with Gasteiger partial charge in [-0.05, 0) is 69.4 Å². The summed E-state index contributed by atoms with van der Waals surface area (Å²) in [5.74, 6) is 1.50. The Bertz CT molecular complexity index is 1010. The van der Waals surface area contributed by atoms with Gasteiger partial charge < -0.3 is 4.52 Å². The molecule has 0 amide bonds. The third-order valence-corrected chi connectivity index (χ3v) is 8.85. The molecule has 1 saturated heterocycles. The number of piperazine rings is 1. The number of rotatable bonds is 5. The summed E-state index contributed by atoms with van der Waals surface area (Å²) >= 11 is 0. The second-order valence-electron chi connectivity index (χ2n) is 8.72. The summed E-state index contributed by atoms with van der Waals surface area (Å²) < 4.78 is 34.1. The van der Waals surface area contributed by atoms with Gasteiger partial charge in [-0.25, -0.2) is 8.42 Å². The van der Waals surface area contributed by atoms with E-state index >= 15 is 0 Å². The maximum absolute atomic E-state index is 13.5. The van der Waals surface area contributed by atoms with Crippen molar-refractivity contribution in [1.29, 1.82) is 0 Å². The first-order valence-corrected chi connectivity index (χ1v) is 12.1. The molecule has 1 aliphatic rings. The Morgan fingerprint density at radius 1 is 0.833 bits per heavy atom. The first kappa shape index (κ1) is 22.9. The molecule has 0 aliphatic carbocycles. The summed E-state index contributed by atoms with van der Waals surface area (Å²) in [5, 5.41) is 4.05. The minimum Gasteiger partial charge on any atom is -0.338 e. The smallest absolute Gasteiger partial charge is 0.243 e. The Balaban J connectivity index is 1.79. The maximum Gasteiger partial charge on any atom is 0.243 e. The largest absolute Gasteiger partial charge is 0.338 e. The van der Waals surface area contributed by atoms with Gasteiger partial charge in [0, 0.05) is 32.1 Å². The van der Waals surface area contributed by atoms with Crippen molar-refractivity contribution >= 4 is 10.0 Å². The van der Waals surface area contributed by atoms with Gasteiger partial charge in [-0.15, -0.1) is 0 Å². The lowest BCUT2D eigenvalue weighted by Crippen LogP contribution is -2.49. The van der Waals surface area contributed by atoms with Crippen LogP contribution in [0.25, 0.3) is 0 Å². The molecular formula is C22H34N4O3S. The molecule has 1 aliphatic heterocycles. The molecule has 1 atom stereocenters. The first-order valence-electron chi connectivity index (χ1n) is 10.6. The molecule has 0 radical (unpaired) electrons. The zero-order chi connectivity index (χ0) is 22.4. The topological polar surface area (TPSA) is 79.5 Å². The number of nitrogens with zero attached hydrogens (tertiary/aromatic N) is 4. The van der Waals surface area contributed by atoms with Gasteiger partial charge in [-0.3, -0.25) is 4.90 Å². The van der Waals surface area contributed by atoms with Crippen LogP contribution in [-0.2, 0) is 10.0 Å². The van der Waals surface area contributed by atoms with Gasteiger partial charge in [-0.1, -0.05) is 19.0 Å². The van der Waals surface area contributed by atoms with Gasteiger partial charge in [0.05, 0.1) is 10.9 Å². The van der Waals surface area contributed by atoms with Crippen molar-refractivity contribution in [2.75, 3.05) is 26.2 Å². The van der Waals surface area contributed by atoms with Crippen LogP contribution in [0.2, 0.25) is 0 Å². The van der Waals surface area contributed by atoms with Crippen molar-refractivity contribution in [2.45, 2.75) is 72.2 Å². The molecule has 30 heavy (non-hydrogen) atoms. The maximum atomic E-state index is 13.5. The molecule has 0 bridgehead atoms. The van der Waals surface area contributed by atoms with Gasteiger partial charge in [0.1, 0.15) is 0 Å². The highest BCUT2D eigenvalue weighted by atomic mass is 32.2. The van der Waals surface area contributed by atoms with Crippen molar-refractivity contribution in [1.82, 2.24) is 19.3 Å². The van der Waals surface area contributed by atoms with Crippen LogP contribution in [-0.4, -0.2) is 53.9 Å². The fourth-order valence-electron chi connectivity index (χ4n) is 4.12. The van der Waals surface area contributed by atoms with E-state index in [-0.39, 0.29) is 12.0 Å². The van der Waals surface area contributed by atoms with Crippen molar-refractivity contribution in [3.63, 3.8) is 0 Å². The van der Waals surface area contributed by atoms with E-state index in [1.165, 1.54) is 5.56 Å². The lowest BCUT2D eigenvalue weighted by atomic mass is 9.95. The van der Waals surface area contributed by atoms with Crippen LogP contribution in [0.4, 0.5) is 0 Å². The highest BCUT2D eigenvalue weighted by Gasteiger charge is 2.34. The summed E-state index contributed by atoms with van der Waals surface area (Å²) in [7, 11) is -3.55. The molecule has 2 heterocycles. The van der Waals surface area contributed by atoms with Gasteiger partial charge in [0.2, 0.25) is 15.9 Å². The predicted octanol–water partition coefficient (Wildman–Crippen LogP) is 3.80. The fourth-order valence-corrected chi connectivity index (χ4v) is 6.10. The number of aromatic nitrogens is 2. The SMILES string of the molecule is Cc1c(C)c(C)c(S(=O)(=O)N2CCN([C@H](C)c3nc(C(C)C)no3)CC2)c(C)c1C. The van der Waals surface area contributed by atoms with E-state index in [0.29, 0.717) is 42.8 Å². The van der Waals surface area contributed by atoms with Crippen LogP contribution in [0.5, 0.6) is 0 Å². The highest BCUT2D eigenvalue weighted by molar-refractivity contribution is 7.89. The molecule has 166 valence electrons. The van der Waals surface area contributed by atoms with Crippen LogP contribution < -0.4 is 0 Å². The monoisotopic (exact) mass is 434 g/mol. The second kappa shape index (κ2) is 8.40. The number of hydrogen-bond donors (Lipinski definition) is 0. The predicted molar refractivity (Wildman–Crippen MR) is 117 cm³/mol. The number of hydrogen-bond acceptors (Lipinski definition) is 6. The van der Waals surface area contributed by atoms with Crippen LogP contribution >= 0.6 is 0 Å². The van der Waals surface area contributed by atoms with Crippen LogP contribution in [0.15, 0.2) is 9.42 Å². The Morgan fingerprint density at radius 2 is 1.33 bits per heavy atom. The minimum atomic E-state index is -3.55. The Morgan fingerprint density at radius 3 is 1.80 bits per heavy atom. The Hall–Kier alpha value is -1.77. The molecule has 8 heteroatoms. The number of sulfonamides is 1. The normalized spacial score (nSPS) is 17.6. The van der Waals surface area contributed by atoms with Gasteiger partial charge in [0.15, 0.2) is 5.82 Å². The van der Waals surface area contributed by atoms with Crippen molar-refractivity contribution in [2.24, 2.45) is 0 Å². The molecule has 1 aromatic heterocycles. The van der Waals surface area contributed by atoms with E-state index in [1.807, 2.05) is 48.5 Å². The van der Waals surface area contributed by atoms with Crippen molar-refractivity contribution in [3.05, 3.63) is 39.5 Å². The Labute approximate surface area is 180 Å².